The minimum absolute atomic E-state index is 0.546. The average Bonchev–Trinajstić information content (AvgIpc) is 2.55. The molecule has 0 bridgehead atoms. The van der Waals surface area contributed by atoms with Crippen LogP contribution >= 0.6 is 0 Å². The molecule has 0 rings (SSSR count). The zero-order chi connectivity index (χ0) is 19.4. The lowest BCUT2D eigenvalue weighted by molar-refractivity contribution is 0.254. The van der Waals surface area contributed by atoms with Crippen molar-refractivity contribution in [3.05, 3.63) is 24.4 Å². The van der Waals surface area contributed by atoms with Crippen LogP contribution in [0.5, 0.6) is 0 Å². The maximum absolute atomic E-state index is 4.22. The molecule has 2 unspecified atom stereocenters. The summed E-state index contributed by atoms with van der Waals surface area (Å²) in [6, 6.07) is 0. The first-order chi connectivity index (χ1) is 11.7. The van der Waals surface area contributed by atoms with Crippen molar-refractivity contribution < 1.29 is 0 Å². The van der Waals surface area contributed by atoms with E-state index < -0.39 is 0 Å². The van der Waals surface area contributed by atoms with E-state index in [1.165, 1.54) is 62.6 Å². The molecule has 0 aromatic carbocycles. The first-order valence-electron chi connectivity index (χ1n) is 10.7. The van der Waals surface area contributed by atoms with Crippen molar-refractivity contribution in [3.63, 3.8) is 0 Å². The second kappa shape index (κ2) is 13.5. The van der Waals surface area contributed by atoms with Crippen LogP contribution in [0.25, 0.3) is 0 Å². The van der Waals surface area contributed by atoms with Crippen LogP contribution in [0.3, 0.4) is 0 Å². The molecule has 25 heavy (non-hydrogen) atoms. The Morgan fingerprint density at radius 2 is 1.24 bits per heavy atom. The fraction of sp³-hybridized carbons (Fsp3) is 0.833. The Balaban J connectivity index is 3.71. The van der Waals surface area contributed by atoms with Gasteiger partial charge < -0.3 is 4.90 Å². The summed E-state index contributed by atoms with van der Waals surface area (Å²) in [5.41, 5.74) is 2.69. The van der Waals surface area contributed by atoms with Gasteiger partial charge in [0.05, 0.1) is 0 Å². The van der Waals surface area contributed by atoms with Crippen LogP contribution in [0.4, 0.5) is 0 Å². The van der Waals surface area contributed by atoms with E-state index in [9.17, 15) is 0 Å². The predicted molar refractivity (Wildman–Crippen MR) is 116 cm³/mol. The van der Waals surface area contributed by atoms with Gasteiger partial charge in [-0.05, 0) is 36.5 Å². The number of nitrogens with zero attached hydrogens (tertiary/aromatic N) is 1. The molecule has 0 heterocycles. The minimum Gasteiger partial charge on any atom is -0.378 e. The molecular weight excluding hydrogens is 302 g/mol. The summed E-state index contributed by atoms with van der Waals surface area (Å²) >= 11 is 0. The highest BCUT2D eigenvalue weighted by Gasteiger charge is 2.16. The van der Waals surface area contributed by atoms with Crippen LogP contribution in [0.1, 0.15) is 92.9 Å². The van der Waals surface area contributed by atoms with Gasteiger partial charge in [0.2, 0.25) is 0 Å². The molecule has 0 spiro atoms. The summed E-state index contributed by atoms with van der Waals surface area (Å²) in [7, 11) is 2.19. The normalized spacial score (nSPS) is 14.0. The van der Waals surface area contributed by atoms with E-state index in [0.29, 0.717) is 11.8 Å². The van der Waals surface area contributed by atoms with Crippen molar-refractivity contribution in [3.8, 4) is 0 Å². The molecule has 0 aromatic heterocycles. The lowest BCUT2D eigenvalue weighted by Crippen LogP contribution is -2.28. The molecule has 0 amide bonds. The van der Waals surface area contributed by atoms with Crippen LogP contribution in [-0.2, 0) is 0 Å². The van der Waals surface area contributed by atoms with E-state index in [1.807, 2.05) is 0 Å². The highest BCUT2D eigenvalue weighted by molar-refractivity contribution is 4.97. The van der Waals surface area contributed by atoms with Crippen molar-refractivity contribution in [2.45, 2.75) is 92.9 Å². The van der Waals surface area contributed by atoms with Crippen molar-refractivity contribution in [2.75, 3.05) is 13.6 Å². The molecule has 0 aliphatic carbocycles. The quantitative estimate of drug-likeness (QED) is 0.216. The van der Waals surface area contributed by atoms with E-state index >= 15 is 0 Å². The number of hydrogen-bond donors (Lipinski definition) is 0. The zero-order valence-electron chi connectivity index (χ0n) is 18.5. The Labute approximate surface area is 160 Å². The average molecular weight is 350 g/mol. The van der Waals surface area contributed by atoms with E-state index in [4.69, 9.17) is 0 Å². The largest absolute Gasteiger partial charge is 0.378 e. The summed E-state index contributed by atoms with van der Waals surface area (Å²) in [6.07, 6.45) is 10.9. The highest BCUT2D eigenvalue weighted by atomic mass is 15.1. The molecular formula is C24H47N. The van der Waals surface area contributed by atoms with Crippen molar-refractivity contribution in [1.82, 2.24) is 4.90 Å². The molecule has 0 aliphatic heterocycles. The van der Waals surface area contributed by atoms with Gasteiger partial charge in [0, 0.05) is 19.3 Å². The summed E-state index contributed by atoms with van der Waals surface area (Å²) in [4.78, 5) is 2.36. The van der Waals surface area contributed by atoms with Crippen LogP contribution in [0, 0.1) is 23.7 Å². The Morgan fingerprint density at radius 1 is 0.720 bits per heavy atom. The molecule has 0 aromatic rings. The van der Waals surface area contributed by atoms with Crippen LogP contribution in [0.15, 0.2) is 24.4 Å². The zero-order valence-corrected chi connectivity index (χ0v) is 18.5. The third kappa shape index (κ3) is 11.5. The van der Waals surface area contributed by atoms with Gasteiger partial charge in [-0.1, -0.05) is 98.8 Å². The second-order valence-electron chi connectivity index (χ2n) is 8.95. The van der Waals surface area contributed by atoms with Gasteiger partial charge in [0.15, 0.2) is 0 Å². The van der Waals surface area contributed by atoms with E-state index in [1.54, 1.807) is 0 Å². The van der Waals surface area contributed by atoms with Gasteiger partial charge >= 0.3 is 0 Å². The summed E-state index contributed by atoms with van der Waals surface area (Å²) in [5.74, 6) is 2.74. The van der Waals surface area contributed by atoms with Gasteiger partial charge in [-0.3, -0.25) is 0 Å². The molecule has 0 fully saturated rings. The third-order valence-electron chi connectivity index (χ3n) is 5.91. The molecule has 0 radical (unpaired) electrons. The number of rotatable bonds is 15. The molecule has 2 atom stereocenters. The second-order valence-corrected chi connectivity index (χ2v) is 8.95. The molecule has 0 aliphatic rings. The molecule has 1 heteroatoms. The van der Waals surface area contributed by atoms with Crippen molar-refractivity contribution in [1.29, 1.82) is 0 Å². The van der Waals surface area contributed by atoms with Gasteiger partial charge in [0.25, 0.3) is 0 Å². The van der Waals surface area contributed by atoms with Gasteiger partial charge in [0.1, 0.15) is 0 Å². The first kappa shape index (κ1) is 24.3. The number of allylic oxidation sites excluding steroid dienone is 2. The molecule has 148 valence electrons. The maximum Gasteiger partial charge on any atom is 0.0199 e. The summed E-state index contributed by atoms with van der Waals surface area (Å²) < 4.78 is 0. The fourth-order valence-corrected chi connectivity index (χ4v) is 3.27. The molecule has 0 saturated heterocycles. The van der Waals surface area contributed by atoms with Crippen molar-refractivity contribution in [2.24, 2.45) is 23.7 Å². The Morgan fingerprint density at radius 3 is 1.76 bits per heavy atom. The Bertz CT molecular complexity index is 366. The number of unbranched alkanes of at least 4 members (excludes halogenated alkanes) is 5. The molecule has 0 N–H and O–H groups in total. The lowest BCUT2D eigenvalue weighted by Gasteiger charge is -2.30. The minimum atomic E-state index is 0.546. The standard InChI is InChI=1S/C24H47N/c1-19(2)21(5)16-14-12-10-11-13-15-17-22(6)23(7)18-25(9)24(8)20(3)4/h19-20,22-23H,5,8,10-18H2,1-4,6-7,9H3. The first-order valence-corrected chi connectivity index (χ1v) is 10.7. The van der Waals surface area contributed by atoms with E-state index in [0.717, 1.165) is 18.4 Å². The third-order valence-corrected chi connectivity index (χ3v) is 5.91. The Kier molecular flexibility index (Phi) is 13.1. The SMILES string of the molecule is C=C(CCCCCCCCC(C)C(C)CN(C)C(=C)C(C)C)C(C)C. The Hall–Kier alpha value is -0.720. The summed E-state index contributed by atoms with van der Waals surface area (Å²) in [6.45, 7) is 23.3. The van der Waals surface area contributed by atoms with E-state index in [2.05, 4.69) is 66.6 Å². The van der Waals surface area contributed by atoms with E-state index in [-0.39, 0.29) is 0 Å². The van der Waals surface area contributed by atoms with Gasteiger partial charge in [-0.15, -0.1) is 0 Å². The fourth-order valence-electron chi connectivity index (χ4n) is 3.27. The predicted octanol–water partition coefficient (Wildman–Crippen LogP) is 7.69. The van der Waals surface area contributed by atoms with Crippen LogP contribution in [-0.4, -0.2) is 18.5 Å². The van der Waals surface area contributed by atoms with Crippen LogP contribution < -0.4 is 0 Å². The van der Waals surface area contributed by atoms with Gasteiger partial charge in [-0.25, -0.2) is 0 Å². The maximum atomic E-state index is 4.22. The monoisotopic (exact) mass is 349 g/mol. The van der Waals surface area contributed by atoms with Gasteiger partial charge in [-0.2, -0.15) is 0 Å². The highest BCUT2D eigenvalue weighted by Crippen LogP contribution is 2.22. The smallest absolute Gasteiger partial charge is 0.0199 e. The molecule has 0 saturated carbocycles. The lowest BCUT2D eigenvalue weighted by atomic mass is 9.89. The molecule has 1 nitrogen and oxygen atoms in total. The van der Waals surface area contributed by atoms with Crippen molar-refractivity contribution >= 4 is 0 Å². The topological polar surface area (TPSA) is 3.24 Å². The van der Waals surface area contributed by atoms with Crippen LogP contribution in [0.2, 0.25) is 0 Å². The number of hydrogen-bond acceptors (Lipinski definition) is 1. The summed E-state index contributed by atoms with van der Waals surface area (Å²) in [5, 5.41) is 0.